The predicted octanol–water partition coefficient (Wildman–Crippen LogP) is 3.12. The third kappa shape index (κ3) is 3.83. The number of aromatic nitrogens is 3. The van der Waals surface area contributed by atoms with Crippen molar-refractivity contribution in [2.45, 2.75) is 23.8 Å². The normalized spacial score (nSPS) is 17.4. The summed E-state index contributed by atoms with van der Waals surface area (Å²) in [6, 6.07) is 9.88. The van der Waals surface area contributed by atoms with Gasteiger partial charge in [0.25, 0.3) is 0 Å². The van der Waals surface area contributed by atoms with Gasteiger partial charge in [-0.15, -0.1) is 11.8 Å². The molecule has 4 rings (SSSR count). The summed E-state index contributed by atoms with van der Waals surface area (Å²) in [5, 5.41) is 1.16. The fourth-order valence-electron chi connectivity index (χ4n) is 3.18. The van der Waals surface area contributed by atoms with E-state index in [9.17, 15) is 4.79 Å². The molecule has 134 valence electrons. The van der Waals surface area contributed by atoms with Gasteiger partial charge in [0, 0.05) is 40.8 Å². The minimum Gasteiger partial charge on any atom is -0.472 e. The zero-order valence-corrected chi connectivity index (χ0v) is 15.1. The van der Waals surface area contributed by atoms with E-state index in [1.54, 1.807) is 24.0 Å². The average molecular weight is 368 g/mol. The van der Waals surface area contributed by atoms with Crippen LogP contribution in [0.1, 0.15) is 12.8 Å². The summed E-state index contributed by atoms with van der Waals surface area (Å²) in [4.78, 5) is 26.9. The van der Waals surface area contributed by atoms with Crippen LogP contribution in [0.15, 0.2) is 53.9 Å². The van der Waals surface area contributed by atoms with E-state index in [4.69, 9.17) is 4.74 Å². The molecule has 1 saturated heterocycles. The lowest BCUT2D eigenvalue weighted by atomic mass is 10.1. The molecule has 3 heterocycles. The molecule has 0 radical (unpaired) electrons. The predicted molar refractivity (Wildman–Crippen MR) is 101 cm³/mol. The van der Waals surface area contributed by atoms with Crippen molar-refractivity contribution in [1.82, 2.24) is 19.9 Å². The number of nitrogens with one attached hydrogen (secondary N) is 1. The quantitative estimate of drug-likeness (QED) is 0.701. The Bertz CT molecular complexity index is 883. The van der Waals surface area contributed by atoms with Gasteiger partial charge in [-0.3, -0.25) is 4.79 Å². The van der Waals surface area contributed by atoms with Crippen molar-refractivity contribution in [3.8, 4) is 5.88 Å². The monoisotopic (exact) mass is 368 g/mol. The van der Waals surface area contributed by atoms with Crippen molar-refractivity contribution >= 4 is 28.6 Å². The molecule has 6 nitrogen and oxygen atoms in total. The molecule has 1 amide bonds. The highest BCUT2D eigenvalue weighted by Crippen LogP contribution is 2.28. The number of hydrogen-bond donors (Lipinski definition) is 1. The molecule has 0 spiro atoms. The van der Waals surface area contributed by atoms with Gasteiger partial charge in [-0.25, -0.2) is 9.97 Å². The zero-order chi connectivity index (χ0) is 17.8. The van der Waals surface area contributed by atoms with Gasteiger partial charge in [-0.05, 0) is 18.9 Å². The number of amides is 1. The van der Waals surface area contributed by atoms with E-state index < -0.39 is 0 Å². The molecule has 1 fully saturated rings. The highest BCUT2D eigenvalue weighted by atomic mass is 32.2. The maximum absolute atomic E-state index is 12.6. The average Bonchev–Trinajstić information content (AvgIpc) is 3.10. The second-order valence-corrected chi connectivity index (χ2v) is 7.27. The smallest absolute Gasteiger partial charge is 0.233 e. The van der Waals surface area contributed by atoms with Gasteiger partial charge >= 0.3 is 0 Å². The second kappa shape index (κ2) is 7.78. The molecule has 1 aliphatic heterocycles. The number of nitrogens with zero attached hydrogens (tertiary/aromatic N) is 3. The minimum absolute atomic E-state index is 0.0133. The maximum atomic E-state index is 12.6. The van der Waals surface area contributed by atoms with Gasteiger partial charge in [-0.1, -0.05) is 18.2 Å². The van der Waals surface area contributed by atoms with Crippen molar-refractivity contribution in [3.05, 3.63) is 49.1 Å². The number of rotatable bonds is 5. The Morgan fingerprint density at radius 1 is 1.35 bits per heavy atom. The second-order valence-electron chi connectivity index (χ2n) is 6.26. The van der Waals surface area contributed by atoms with Crippen LogP contribution in [0, 0.1) is 0 Å². The van der Waals surface area contributed by atoms with Gasteiger partial charge in [0.1, 0.15) is 12.4 Å². The lowest BCUT2D eigenvalue weighted by Crippen LogP contribution is -2.45. The summed E-state index contributed by atoms with van der Waals surface area (Å²) >= 11 is 1.58. The number of H-pyrrole nitrogens is 1. The van der Waals surface area contributed by atoms with Crippen molar-refractivity contribution in [2.75, 3.05) is 18.8 Å². The highest BCUT2D eigenvalue weighted by Gasteiger charge is 2.25. The van der Waals surface area contributed by atoms with Crippen molar-refractivity contribution in [3.63, 3.8) is 0 Å². The molecule has 0 bridgehead atoms. The van der Waals surface area contributed by atoms with Crippen LogP contribution in [0.5, 0.6) is 5.88 Å². The lowest BCUT2D eigenvalue weighted by Gasteiger charge is -2.32. The Hall–Kier alpha value is -2.54. The SMILES string of the molecule is O=C(CSc1c[nH]c2ccccc12)N1CCCC(Oc2ccncn2)C1. The zero-order valence-electron chi connectivity index (χ0n) is 14.3. The number of fused-ring (bicyclic) bond motifs is 1. The van der Waals surface area contributed by atoms with Gasteiger partial charge in [0.05, 0.1) is 12.3 Å². The number of piperidine rings is 1. The molecule has 1 aliphatic rings. The molecule has 26 heavy (non-hydrogen) atoms. The lowest BCUT2D eigenvalue weighted by molar-refractivity contribution is -0.130. The number of para-hydroxylation sites is 1. The summed E-state index contributed by atoms with van der Waals surface area (Å²) in [7, 11) is 0. The van der Waals surface area contributed by atoms with E-state index in [0.717, 1.165) is 35.2 Å². The van der Waals surface area contributed by atoms with Crippen molar-refractivity contribution in [1.29, 1.82) is 0 Å². The number of benzene rings is 1. The van der Waals surface area contributed by atoms with Gasteiger partial charge in [0.2, 0.25) is 11.8 Å². The van der Waals surface area contributed by atoms with E-state index in [-0.39, 0.29) is 12.0 Å². The molecule has 1 atom stereocenters. The van der Waals surface area contributed by atoms with Crippen LogP contribution in [-0.2, 0) is 4.79 Å². The van der Waals surface area contributed by atoms with Crippen LogP contribution in [0.25, 0.3) is 10.9 Å². The molecule has 7 heteroatoms. The molecule has 3 aromatic rings. The van der Waals surface area contributed by atoms with Crippen molar-refractivity contribution < 1.29 is 9.53 Å². The number of carbonyl (C=O) groups excluding carboxylic acids is 1. The minimum atomic E-state index is -0.0133. The topological polar surface area (TPSA) is 71.1 Å². The van der Waals surface area contributed by atoms with Crippen LogP contribution >= 0.6 is 11.8 Å². The van der Waals surface area contributed by atoms with Crippen LogP contribution in [0.3, 0.4) is 0 Å². The first-order valence-electron chi connectivity index (χ1n) is 8.69. The first-order valence-corrected chi connectivity index (χ1v) is 9.67. The Kier molecular flexibility index (Phi) is 5.06. The van der Waals surface area contributed by atoms with E-state index in [1.165, 1.54) is 6.33 Å². The summed E-state index contributed by atoms with van der Waals surface area (Å²) < 4.78 is 5.89. The summed E-state index contributed by atoms with van der Waals surface area (Å²) in [6.07, 6.45) is 6.97. The van der Waals surface area contributed by atoms with E-state index in [1.807, 2.05) is 29.3 Å². The van der Waals surface area contributed by atoms with Gasteiger partial charge in [0.15, 0.2) is 0 Å². The third-order valence-corrected chi connectivity index (χ3v) is 5.52. The fraction of sp³-hybridized carbons (Fsp3) is 0.316. The Morgan fingerprint density at radius 2 is 2.27 bits per heavy atom. The van der Waals surface area contributed by atoms with Crippen LogP contribution < -0.4 is 4.74 Å². The Labute approximate surface area is 156 Å². The molecule has 0 saturated carbocycles. The van der Waals surface area contributed by atoms with E-state index >= 15 is 0 Å². The van der Waals surface area contributed by atoms with Gasteiger partial charge < -0.3 is 14.6 Å². The molecule has 1 aromatic carbocycles. The standard InChI is InChI=1S/C19H20N4O2S/c24-19(12-26-17-10-21-16-6-2-1-5-15(16)17)23-9-3-4-14(11-23)25-18-7-8-20-13-22-18/h1-2,5-8,10,13-14,21H,3-4,9,11-12H2. The fourth-order valence-corrected chi connectivity index (χ4v) is 4.11. The number of aromatic amines is 1. The van der Waals surface area contributed by atoms with Crippen LogP contribution in [0.4, 0.5) is 0 Å². The molecule has 1 N–H and O–H groups in total. The van der Waals surface area contributed by atoms with E-state index in [0.29, 0.717) is 18.2 Å². The number of carbonyl (C=O) groups is 1. The molecular weight excluding hydrogens is 348 g/mol. The van der Waals surface area contributed by atoms with Crippen molar-refractivity contribution in [2.24, 2.45) is 0 Å². The molecule has 2 aromatic heterocycles. The van der Waals surface area contributed by atoms with Crippen LogP contribution in [0.2, 0.25) is 0 Å². The largest absolute Gasteiger partial charge is 0.472 e. The molecule has 0 aliphatic carbocycles. The number of thioether (sulfide) groups is 1. The first kappa shape index (κ1) is 16.9. The molecule has 1 unspecified atom stereocenters. The molecular formula is C19H20N4O2S. The number of likely N-dealkylation sites (tertiary alicyclic amines) is 1. The van der Waals surface area contributed by atoms with Crippen LogP contribution in [-0.4, -0.2) is 50.7 Å². The van der Waals surface area contributed by atoms with Gasteiger partial charge in [-0.2, -0.15) is 0 Å². The number of hydrogen-bond acceptors (Lipinski definition) is 5. The summed E-state index contributed by atoms with van der Waals surface area (Å²) in [5.41, 5.74) is 1.10. The third-order valence-electron chi connectivity index (χ3n) is 4.48. The summed E-state index contributed by atoms with van der Waals surface area (Å²) in [6.45, 7) is 1.40. The summed E-state index contributed by atoms with van der Waals surface area (Å²) in [5.74, 6) is 1.14. The van der Waals surface area contributed by atoms with E-state index in [2.05, 4.69) is 21.0 Å². The maximum Gasteiger partial charge on any atom is 0.233 e. The highest BCUT2D eigenvalue weighted by molar-refractivity contribution is 8.00. The first-order chi connectivity index (χ1) is 12.8. The number of ether oxygens (including phenoxy) is 1. The Balaban J connectivity index is 1.34. The Morgan fingerprint density at radius 3 is 3.15 bits per heavy atom.